The van der Waals surface area contributed by atoms with E-state index in [1.807, 2.05) is 38.1 Å². The number of rotatable bonds is 3. The van der Waals surface area contributed by atoms with Gasteiger partial charge < -0.3 is 5.32 Å². The molecule has 0 aliphatic heterocycles. The topological polar surface area (TPSA) is 29.1 Å². The number of hydrogen-bond donors (Lipinski definition) is 1. The van der Waals surface area contributed by atoms with E-state index in [-0.39, 0.29) is 17.4 Å². The average molecular weight is 282 g/mol. The van der Waals surface area contributed by atoms with Gasteiger partial charge in [-0.1, -0.05) is 28.1 Å². The molecule has 1 aromatic rings. The summed E-state index contributed by atoms with van der Waals surface area (Å²) in [7, 11) is 0. The lowest BCUT2D eigenvalue weighted by Gasteiger charge is -2.18. The second-order valence-electron chi connectivity index (χ2n) is 4.72. The summed E-state index contributed by atoms with van der Waals surface area (Å²) in [5.41, 5.74) is 0.869. The molecule has 0 unspecified atom stereocenters. The van der Waals surface area contributed by atoms with Crippen LogP contribution < -0.4 is 5.32 Å². The molecule has 1 amide bonds. The average Bonchev–Trinajstić information content (AvgIpc) is 2.97. The van der Waals surface area contributed by atoms with Crippen LogP contribution in [0.4, 0.5) is 0 Å². The van der Waals surface area contributed by atoms with Crippen LogP contribution in [0.5, 0.6) is 0 Å². The van der Waals surface area contributed by atoms with Crippen molar-refractivity contribution in [1.29, 1.82) is 0 Å². The zero-order valence-electron chi connectivity index (χ0n) is 9.59. The van der Waals surface area contributed by atoms with E-state index >= 15 is 0 Å². The van der Waals surface area contributed by atoms with Crippen LogP contribution in [-0.2, 0) is 10.2 Å². The lowest BCUT2D eigenvalue weighted by Crippen LogP contribution is -2.38. The van der Waals surface area contributed by atoms with Crippen molar-refractivity contribution in [2.45, 2.75) is 38.1 Å². The van der Waals surface area contributed by atoms with Crippen LogP contribution in [0.25, 0.3) is 0 Å². The molecule has 0 aromatic heterocycles. The molecule has 1 saturated carbocycles. The Hall–Kier alpha value is -0.830. The van der Waals surface area contributed by atoms with Crippen molar-refractivity contribution in [2.75, 3.05) is 0 Å². The van der Waals surface area contributed by atoms with Crippen LogP contribution >= 0.6 is 15.9 Å². The molecule has 0 spiro atoms. The Kier molecular flexibility index (Phi) is 3.06. The highest BCUT2D eigenvalue weighted by atomic mass is 79.9. The van der Waals surface area contributed by atoms with Crippen molar-refractivity contribution < 1.29 is 4.79 Å². The predicted octanol–water partition coefficient (Wildman–Crippen LogP) is 3.01. The fraction of sp³-hybridized carbons (Fsp3) is 0.462. The number of carbonyl (C=O) groups excluding carboxylic acids is 1. The lowest BCUT2D eigenvalue weighted by molar-refractivity contribution is -0.124. The van der Waals surface area contributed by atoms with Gasteiger partial charge in [0.25, 0.3) is 0 Å². The van der Waals surface area contributed by atoms with E-state index in [2.05, 4.69) is 21.2 Å². The zero-order chi connectivity index (χ0) is 11.8. The van der Waals surface area contributed by atoms with Gasteiger partial charge in [-0.2, -0.15) is 0 Å². The number of halogens is 1. The van der Waals surface area contributed by atoms with Gasteiger partial charge in [-0.25, -0.2) is 0 Å². The van der Waals surface area contributed by atoms with Gasteiger partial charge in [0, 0.05) is 10.5 Å². The van der Waals surface area contributed by atoms with Crippen molar-refractivity contribution in [2.24, 2.45) is 0 Å². The minimum atomic E-state index is -0.256. The Labute approximate surface area is 105 Å². The van der Waals surface area contributed by atoms with Crippen LogP contribution in [0.3, 0.4) is 0 Å². The van der Waals surface area contributed by atoms with Crippen LogP contribution in [0.2, 0.25) is 0 Å². The molecule has 86 valence electrons. The normalized spacial score (nSPS) is 17.2. The van der Waals surface area contributed by atoms with Gasteiger partial charge in [-0.05, 0) is 44.4 Å². The minimum Gasteiger partial charge on any atom is -0.353 e. The van der Waals surface area contributed by atoms with Crippen molar-refractivity contribution in [3.63, 3.8) is 0 Å². The van der Waals surface area contributed by atoms with Gasteiger partial charge in [0.1, 0.15) is 0 Å². The Morgan fingerprint density at radius 2 is 2.12 bits per heavy atom. The smallest absolute Gasteiger partial charge is 0.230 e. The summed E-state index contributed by atoms with van der Waals surface area (Å²) < 4.78 is 1.04. The quantitative estimate of drug-likeness (QED) is 0.907. The third-order valence-electron chi connectivity index (χ3n) is 2.98. The summed E-state index contributed by atoms with van der Waals surface area (Å²) in [6, 6.07) is 8.27. The van der Waals surface area contributed by atoms with E-state index in [1.165, 1.54) is 0 Å². The van der Waals surface area contributed by atoms with Crippen LogP contribution in [0, 0.1) is 0 Å². The van der Waals surface area contributed by atoms with Crippen molar-refractivity contribution >= 4 is 21.8 Å². The molecule has 0 atom stereocenters. The maximum absolute atomic E-state index is 12.1. The summed E-state index contributed by atoms with van der Waals surface area (Å²) in [6.07, 6.45) is 1.92. The summed E-state index contributed by atoms with van der Waals surface area (Å²) in [6.45, 7) is 3.99. The first-order valence-corrected chi connectivity index (χ1v) is 6.41. The standard InChI is InChI=1S/C13H16BrNO/c1-9(2)15-12(16)13(6-7-13)10-4-3-5-11(14)8-10/h3-5,8-9H,6-7H2,1-2H3,(H,15,16). The van der Waals surface area contributed by atoms with Crippen molar-refractivity contribution in [1.82, 2.24) is 5.32 Å². The summed E-state index contributed by atoms with van der Waals surface area (Å²) in [4.78, 5) is 12.1. The van der Waals surface area contributed by atoms with E-state index in [0.29, 0.717) is 0 Å². The molecule has 1 aliphatic carbocycles. The number of benzene rings is 1. The van der Waals surface area contributed by atoms with Gasteiger partial charge >= 0.3 is 0 Å². The molecule has 0 saturated heterocycles. The molecular weight excluding hydrogens is 266 g/mol. The highest BCUT2D eigenvalue weighted by Crippen LogP contribution is 2.48. The molecular formula is C13H16BrNO. The molecule has 16 heavy (non-hydrogen) atoms. The molecule has 3 heteroatoms. The number of amides is 1. The minimum absolute atomic E-state index is 0.167. The largest absolute Gasteiger partial charge is 0.353 e. The molecule has 1 N–H and O–H groups in total. The van der Waals surface area contributed by atoms with Gasteiger partial charge in [-0.3, -0.25) is 4.79 Å². The van der Waals surface area contributed by atoms with E-state index in [0.717, 1.165) is 22.9 Å². The summed E-state index contributed by atoms with van der Waals surface area (Å²) >= 11 is 3.45. The van der Waals surface area contributed by atoms with Gasteiger partial charge in [0.2, 0.25) is 5.91 Å². The Morgan fingerprint density at radius 1 is 1.44 bits per heavy atom. The molecule has 0 radical (unpaired) electrons. The van der Waals surface area contributed by atoms with Crippen molar-refractivity contribution in [3.8, 4) is 0 Å². The van der Waals surface area contributed by atoms with Crippen LogP contribution in [0.1, 0.15) is 32.3 Å². The lowest BCUT2D eigenvalue weighted by atomic mass is 9.95. The van der Waals surface area contributed by atoms with E-state index < -0.39 is 0 Å². The Morgan fingerprint density at radius 3 is 2.62 bits per heavy atom. The Balaban J connectivity index is 2.23. The monoisotopic (exact) mass is 281 g/mol. The predicted molar refractivity (Wildman–Crippen MR) is 68.3 cm³/mol. The molecule has 0 heterocycles. The van der Waals surface area contributed by atoms with Crippen LogP contribution in [0.15, 0.2) is 28.7 Å². The highest BCUT2D eigenvalue weighted by molar-refractivity contribution is 9.10. The Bertz CT molecular complexity index is 410. The molecule has 1 aromatic carbocycles. The van der Waals surface area contributed by atoms with Gasteiger partial charge in [0.05, 0.1) is 5.41 Å². The maximum atomic E-state index is 12.1. The van der Waals surface area contributed by atoms with E-state index in [9.17, 15) is 4.79 Å². The van der Waals surface area contributed by atoms with Crippen LogP contribution in [-0.4, -0.2) is 11.9 Å². The maximum Gasteiger partial charge on any atom is 0.230 e. The van der Waals surface area contributed by atoms with Crippen molar-refractivity contribution in [3.05, 3.63) is 34.3 Å². The number of carbonyl (C=O) groups is 1. The second-order valence-corrected chi connectivity index (χ2v) is 5.64. The third-order valence-corrected chi connectivity index (χ3v) is 3.47. The van der Waals surface area contributed by atoms with E-state index in [4.69, 9.17) is 0 Å². The SMILES string of the molecule is CC(C)NC(=O)C1(c2cccc(Br)c2)CC1. The summed E-state index contributed by atoms with van der Waals surface area (Å²) in [5.74, 6) is 0.167. The van der Waals surface area contributed by atoms with Gasteiger partial charge in [0.15, 0.2) is 0 Å². The third kappa shape index (κ3) is 2.14. The van der Waals surface area contributed by atoms with Gasteiger partial charge in [-0.15, -0.1) is 0 Å². The number of nitrogens with one attached hydrogen (secondary N) is 1. The fourth-order valence-corrected chi connectivity index (χ4v) is 2.36. The fourth-order valence-electron chi connectivity index (χ4n) is 1.96. The molecule has 2 rings (SSSR count). The van der Waals surface area contributed by atoms with E-state index in [1.54, 1.807) is 0 Å². The molecule has 1 aliphatic rings. The number of hydrogen-bond acceptors (Lipinski definition) is 1. The molecule has 1 fully saturated rings. The first-order chi connectivity index (χ1) is 7.54. The first kappa shape index (κ1) is 11.6. The zero-order valence-corrected chi connectivity index (χ0v) is 11.2. The highest BCUT2D eigenvalue weighted by Gasteiger charge is 2.51. The molecule has 2 nitrogen and oxygen atoms in total. The summed E-state index contributed by atoms with van der Waals surface area (Å²) in [5, 5.41) is 3.01. The second kappa shape index (κ2) is 4.21. The molecule has 0 bridgehead atoms. The first-order valence-electron chi connectivity index (χ1n) is 5.61.